The van der Waals surface area contributed by atoms with Crippen molar-refractivity contribution in [3.8, 4) is 0 Å². The number of carbonyl (C=O) groups is 8. The second kappa shape index (κ2) is 13.1. The fourth-order valence-electron chi connectivity index (χ4n) is 7.29. The van der Waals surface area contributed by atoms with E-state index >= 15 is 0 Å². The minimum absolute atomic E-state index is 0.236. The quantitative estimate of drug-likeness (QED) is 0.221. The molecule has 8 rings (SSSR count). The van der Waals surface area contributed by atoms with Gasteiger partial charge in [0.05, 0.1) is 22.3 Å². The molecule has 0 bridgehead atoms. The number of hydrogen-bond donors (Lipinski definition) is 0. The Labute approximate surface area is 314 Å². The maximum atomic E-state index is 13.1. The highest BCUT2D eigenvalue weighted by Gasteiger charge is 2.40. The molecule has 4 aliphatic heterocycles. The molecule has 0 unspecified atom stereocenters. The third-order valence-corrected chi connectivity index (χ3v) is 10.6. The first-order chi connectivity index (χ1) is 26.3. The predicted octanol–water partition coefficient (Wildman–Crippen LogP) is 4.15. The fourth-order valence-corrected chi connectivity index (χ4v) is 7.29. The molecule has 0 radical (unpaired) electrons. The van der Waals surface area contributed by atoms with Gasteiger partial charge in [-0.3, -0.25) is 58.0 Å². The molecule has 12 nitrogen and oxygen atoms in total. The van der Waals surface area contributed by atoms with Gasteiger partial charge in [-0.1, -0.05) is 74.5 Å². The number of amides is 8. The van der Waals surface area contributed by atoms with Crippen LogP contribution in [0, 0.1) is 0 Å². The van der Waals surface area contributed by atoms with Crippen LogP contribution in [-0.4, -0.2) is 80.2 Å². The zero-order valence-corrected chi connectivity index (χ0v) is 29.8. The number of imide groups is 4. The molecule has 12 heteroatoms. The van der Waals surface area contributed by atoms with Crippen LogP contribution in [-0.2, 0) is 37.4 Å². The Balaban J connectivity index is 0.908. The van der Waals surface area contributed by atoms with E-state index in [1.54, 1.807) is 36.4 Å². The van der Waals surface area contributed by atoms with Crippen LogP contribution in [0.25, 0.3) is 0 Å². The Kier molecular flexibility index (Phi) is 8.33. The summed E-state index contributed by atoms with van der Waals surface area (Å²) in [6.07, 6.45) is 5.48. The molecule has 0 fully saturated rings. The number of nitrogens with zero attached hydrogens (tertiary/aromatic N) is 4. The van der Waals surface area contributed by atoms with Crippen molar-refractivity contribution in [3.05, 3.63) is 165 Å². The summed E-state index contributed by atoms with van der Waals surface area (Å²) < 4.78 is 0. The van der Waals surface area contributed by atoms with Crippen molar-refractivity contribution in [1.82, 2.24) is 19.6 Å². The van der Waals surface area contributed by atoms with Crippen molar-refractivity contribution in [2.24, 2.45) is 0 Å². The molecule has 0 atom stereocenters. The summed E-state index contributed by atoms with van der Waals surface area (Å²) in [6, 6.07) is 26.6. The average molecular weight is 733 g/mol. The minimum atomic E-state index is -0.570. The zero-order chi connectivity index (χ0) is 38.8. The topological polar surface area (TPSA) is 150 Å². The van der Waals surface area contributed by atoms with E-state index < -0.39 is 60.6 Å². The van der Waals surface area contributed by atoms with Gasteiger partial charge in [-0.2, -0.15) is 0 Å². The molecule has 4 heterocycles. The highest BCUT2D eigenvalue weighted by Crippen LogP contribution is 2.33. The van der Waals surface area contributed by atoms with Crippen LogP contribution < -0.4 is 0 Å². The van der Waals surface area contributed by atoms with E-state index in [-0.39, 0.29) is 27.7 Å². The third kappa shape index (κ3) is 6.07. The summed E-state index contributed by atoms with van der Waals surface area (Å²) in [4.78, 5) is 104. The van der Waals surface area contributed by atoms with E-state index in [1.807, 2.05) is 24.3 Å². The number of fused-ring (bicyclic) bond motifs is 2. The van der Waals surface area contributed by atoms with E-state index in [9.17, 15) is 38.4 Å². The van der Waals surface area contributed by atoms with E-state index in [0.717, 1.165) is 77.3 Å². The van der Waals surface area contributed by atoms with Gasteiger partial charge in [-0.15, -0.1) is 0 Å². The summed E-state index contributed by atoms with van der Waals surface area (Å²) in [5.74, 6) is -4.47. The van der Waals surface area contributed by atoms with Gasteiger partial charge in [0.1, 0.15) is 13.3 Å². The molecule has 55 heavy (non-hydrogen) atoms. The Morgan fingerprint density at radius 1 is 0.382 bits per heavy atom. The van der Waals surface area contributed by atoms with Crippen LogP contribution in [0.2, 0.25) is 0 Å². The van der Waals surface area contributed by atoms with E-state index in [0.29, 0.717) is 12.8 Å². The highest BCUT2D eigenvalue weighted by atomic mass is 16.2. The second-order valence-electron chi connectivity index (χ2n) is 14.4. The monoisotopic (exact) mass is 732 g/mol. The lowest BCUT2D eigenvalue weighted by atomic mass is 9.77. The summed E-state index contributed by atoms with van der Waals surface area (Å²) in [5.41, 5.74) is 6.49. The van der Waals surface area contributed by atoms with E-state index in [2.05, 4.69) is 38.1 Å². The first-order valence-corrected chi connectivity index (χ1v) is 17.5. The van der Waals surface area contributed by atoms with Crippen molar-refractivity contribution >= 4 is 47.3 Å². The molecular weight excluding hydrogens is 700 g/mol. The third-order valence-electron chi connectivity index (χ3n) is 10.6. The van der Waals surface area contributed by atoms with Gasteiger partial charge in [0, 0.05) is 29.7 Å². The lowest BCUT2D eigenvalue weighted by molar-refractivity contribution is -0.139. The lowest BCUT2D eigenvalue weighted by Gasteiger charge is -2.26. The SMILES string of the molecule is CC(C)(c1ccc(Cc2ccc3c(c2)C(=O)N(CN2C(=O)C=CC2=O)C3=O)cc1)c1ccc(Cc2ccc3c(c2)C(=O)N(CN2C(=O)C=CC2=O)C3=O)cc1. The normalized spacial score (nSPS) is 16.5. The molecule has 0 aliphatic carbocycles. The Morgan fingerprint density at radius 2 is 0.691 bits per heavy atom. The predicted molar refractivity (Wildman–Crippen MR) is 196 cm³/mol. The molecule has 0 N–H and O–H groups in total. The smallest absolute Gasteiger partial charge is 0.263 e. The van der Waals surface area contributed by atoms with Crippen LogP contribution in [0.5, 0.6) is 0 Å². The van der Waals surface area contributed by atoms with E-state index in [4.69, 9.17) is 0 Å². The van der Waals surface area contributed by atoms with Gasteiger partial charge in [0.25, 0.3) is 47.3 Å². The number of rotatable bonds is 10. The molecule has 272 valence electrons. The second-order valence-corrected chi connectivity index (χ2v) is 14.4. The number of benzene rings is 4. The number of hydrogen-bond acceptors (Lipinski definition) is 8. The minimum Gasteiger partial charge on any atom is -0.269 e. The first kappa shape index (κ1) is 35.0. The van der Waals surface area contributed by atoms with Crippen molar-refractivity contribution < 1.29 is 38.4 Å². The molecule has 0 saturated heterocycles. The van der Waals surface area contributed by atoms with Gasteiger partial charge in [-0.05, 0) is 70.5 Å². The molecule has 4 aromatic rings. The van der Waals surface area contributed by atoms with Crippen molar-refractivity contribution in [3.63, 3.8) is 0 Å². The first-order valence-electron chi connectivity index (χ1n) is 17.5. The molecular formula is C43H32N4O8. The molecule has 4 aromatic carbocycles. The van der Waals surface area contributed by atoms with Crippen LogP contribution in [0.4, 0.5) is 0 Å². The van der Waals surface area contributed by atoms with Crippen LogP contribution in [0.15, 0.2) is 109 Å². The summed E-state index contributed by atoms with van der Waals surface area (Å²) in [5, 5.41) is 0. The van der Waals surface area contributed by atoms with Crippen molar-refractivity contribution in [1.29, 1.82) is 0 Å². The summed E-state index contributed by atoms with van der Waals surface area (Å²) >= 11 is 0. The highest BCUT2D eigenvalue weighted by molar-refractivity contribution is 6.23. The Hall–Kier alpha value is -7.08. The van der Waals surface area contributed by atoms with Crippen molar-refractivity contribution in [2.45, 2.75) is 32.1 Å². The largest absolute Gasteiger partial charge is 0.269 e. The Bertz CT molecular complexity index is 2270. The maximum Gasteiger partial charge on any atom is 0.263 e. The van der Waals surface area contributed by atoms with Crippen molar-refractivity contribution in [2.75, 3.05) is 13.3 Å². The van der Waals surface area contributed by atoms with Gasteiger partial charge >= 0.3 is 0 Å². The molecule has 8 amide bonds. The maximum absolute atomic E-state index is 13.1. The fraction of sp³-hybridized carbons (Fsp3) is 0.163. The zero-order valence-electron chi connectivity index (χ0n) is 29.8. The summed E-state index contributed by atoms with van der Waals surface area (Å²) in [7, 11) is 0. The Morgan fingerprint density at radius 3 is 1.04 bits per heavy atom. The van der Waals surface area contributed by atoms with Crippen LogP contribution >= 0.6 is 0 Å². The summed E-state index contributed by atoms with van der Waals surface area (Å²) in [6.45, 7) is 3.42. The van der Waals surface area contributed by atoms with Gasteiger partial charge in [0.2, 0.25) is 0 Å². The van der Waals surface area contributed by atoms with Gasteiger partial charge in [0.15, 0.2) is 0 Å². The lowest BCUT2D eigenvalue weighted by Crippen LogP contribution is -2.43. The molecule has 0 spiro atoms. The average Bonchev–Trinajstić information content (AvgIpc) is 3.83. The van der Waals surface area contributed by atoms with E-state index in [1.165, 1.54) is 0 Å². The van der Waals surface area contributed by atoms with Crippen LogP contribution in [0.1, 0.15) is 88.7 Å². The van der Waals surface area contributed by atoms with Gasteiger partial charge in [-0.25, -0.2) is 0 Å². The molecule has 4 aliphatic rings. The number of carbonyl (C=O) groups excluding carboxylic acids is 8. The van der Waals surface area contributed by atoms with Gasteiger partial charge < -0.3 is 0 Å². The molecule has 0 saturated carbocycles. The standard InChI is InChI=1S/C43H32N4O8/c1-43(2,29-9-3-25(4-10-29)19-27-7-13-31-33(21-27)41(54)46(39(31)52)23-44-35(48)15-16-36(44)49)30-11-5-26(6-12-30)20-28-8-14-32-34(22-28)42(55)47(40(32)53)24-45-37(50)17-18-38(45)51/h3-18,21-22H,19-20,23-24H2,1-2H3. The molecule has 0 aromatic heterocycles. The van der Waals surface area contributed by atoms with Crippen LogP contribution in [0.3, 0.4) is 0 Å².